The zero-order chi connectivity index (χ0) is 20.1. The van der Waals surface area contributed by atoms with Crippen molar-refractivity contribution in [3.8, 4) is 6.07 Å². The lowest BCUT2D eigenvalue weighted by atomic mass is 10.1. The van der Waals surface area contributed by atoms with Gasteiger partial charge in [0.15, 0.2) is 0 Å². The summed E-state index contributed by atoms with van der Waals surface area (Å²) in [5.41, 5.74) is 1.78. The van der Waals surface area contributed by atoms with Gasteiger partial charge in [-0.05, 0) is 55.5 Å². The number of nitriles is 1. The van der Waals surface area contributed by atoms with Crippen molar-refractivity contribution in [3.63, 3.8) is 0 Å². The van der Waals surface area contributed by atoms with Crippen LogP contribution >= 0.6 is 11.3 Å². The van der Waals surface area contributed by atoms with Crippen molar-refractivity contribution in [1.29, 1.82) is 5.26 Å². The molecule has 0 aromatic carbocycles. The fraction of sp³-hybridized carbons (Fsp3) is 0.364. The van der Waals surface area contributed by atoms with Crippen LogP contribution in [0.25, 0.3) is 0 Å². The number of aryl methyl sites for hydroxylation is 1. The Balaban J connectivity index is 1.47. The number of nitrogens with one attached hydrogen (secondary N) is 1. The fourth-order valence-corrected chi connectivity index (χ4v) is 4.99. The van der Waals surface area contributed by atoms with E-state index in [4.69, 9.17) is 8.83 Å². The van der Waals surface area contributed by atoms with Gasteiger partial charge in [0, 0.05) is 4.88 Å². The van der Waals surface area contributed by atoms with Crippen molar-refractivity contribution in [3.05, 3.63) is 64.3 Å². The Kier molecular flexibility index (Phi) is 6.13. The fourth-order valence-electron chi connectivity index (χ4n) is 3.73. The zero-order valence-corrected chi connectivity index (χ0v) is 17.0. The highest BCUT2D eigenvalue weighted by atomic mass is 32.1. The number of thiophene rings is 1. The molecule has 0 unspecified atom stereocenters. The number of carbonyl (C=O) groups excluding carboxylic acids is 1. The highest BCUT2D eigenvalue weighted by molar-refractivity contribution is 7.16. The molecule has 4 rings (SSSR count). The Morgan fingerprint density at radius 3 is 2.41 bits per heavy atom. The average Bonchev–Trinajstić information content (AvgIpc) is 3.42. The van der Waals surface area contributed by atoms with Crippen LogP contribution in [-0.2, 0) is 30.7 Å². The van der Waals surface area contributed by atoms with Gasteiger partial charge in [0.1, 0.15) is 22.6 Å². The van der Waals surface area contributed by atoms with E-state index in [0.29, 0.717) is 23.7 Å². The van der Waals surface area contributed by atoms with Gasteiger partial charge in [-0.2, -0.15) is 5.26 Å². The minimum atomic E-state index is -0.143. The van der Waals surface area contributed by atoms with Crippen molar-refractivity contribution in [2.45, 2.75) is 45.2 Å². The third kappa shape index (κ3) is 4.78. The van der Waals surface area contributed by atoms with E-state index in [1.807, 2.05) is 29.2 Å². The SMILES string of the molecule is N#Cc1c(NC(=O)CN(Cc2ccco2)Cc2ccco2)sc2c1CCCCC2. The van der Waals surface area contributed by atoms with E-state index >= 15 is 0 Å². The van der Waals surface area contributed by atoms with Crippen LogP contribution in [-0.4, -0.2) is 17.4 Å². The van der Waals surface area contributed by atoms with Crippen molar-refractivity contribution in [2.75, 3.05) is 11.9 Å². The van der Waals surface area contributed by atoms with E-state index in [-0.39, 0.29) is 12.5 Å². The van der Waals surface area contributed by atoms with Crippen LogP contribution in [0, 0.1) is 11.3 Å². The number of furan rings is 2. The lowest BCUT2D eigenvalue weighted by molar-refractivity contribution is -0.117. The number of fused-ring (bicyclic) bond motifs is 1. The predicted molar refractivity (Wildman–Crippen MR) is 110 cm³/mol. The number of hydrogen-bond donors (Lipinski definition) is 1. The van der Waals surface area contributed by atoms with Crippen molar-refractivity contribution in [2.24, 2.45) is 0 Å². The molecule has 6 nitrogen and oxygen atoms in total. The minimum Gasteiger partial charge on any atom is -0.468 e. The van der Waals surface area contributed by atoms with Gasteiger partial charge in [0.2, 0.25) is 5.91 Å². The van der Waals surface area contributed by atoms with Crippen LogP contribution < -0.4 is 5.32 Å². The Labute approximate surface area is 173 Å². The lowest BCUT2D eigenvalue weighted by Crippen LogP contribution is -2.32. The Bertz CT molecular complexity index is 947. The van der Waals surface area contributed by atoms with Crippen molar-refractivity contribution >= 4 is 22.2 Å². The average molecular weight is 410 g/mol. The van der Waals surface area contributed by atoms with Gasteiger partial charge in [0.05, 0.1) is 37.7 Å². The molecule has 1 amide bonds. The van der Waals surface area contributed by atoms with E-state index in [2.05, 4.69) is 11.4 Å². The van der Waals surface area contributed by atoms with Gasteiger partial charge < -0.3 is 14.2 Å². The molecule has 7 heteroatoms. The number of rotatable bonds is 7. The molecular weight excluding hydrogens is 386 g/mol. The van der Waals surface area contributed by atoms with E-state index in [0.717, 1.165) is 42.8 Å². The molecule has 3 aromatic rings. The van der Waals surface area contributed by atoms with Crippen molar-refractivity contribution < 1.29 is 13.6 Å². The molecule has 0 aliphatic heterocycles. The second-order valence-electron chi connectivity index (χ2n) is 7.23. The number of nitrogens with zero attached hydrogens (tertiary/aromatic N) is 2. The molecule has 0 spiro atoms. The van der Waals surface area contributed by atoms with Crippen LogP contribution in [0.4, 0.5) is 5.00 Å². The summed E-state index contributed by atoms with van der Waals surface area (Å²) in [6.45, 7) is 1.16. The third-order valence-corrected chi connectivity index (χ3v) is 6.28. The Hall–Kier alpha value is -2.82. The smallest absolute Gasteiger partial charge is 0.239 e. The van der Waals surface area contributed by atoms with E-state index in [1.165, 1.54) is 11.3 Å². The Morgan fingerprint density at radius 2 is 1.79 bits per heavy atom. The summed E-state index contributed by atoms with van der Waals surface area (Å²) in [5.74, 6) is 1.42. The van der Waals surface area contributed by atoms with Gasteiger partial charge in [-0.25, -0.2) is 0 Å². The third-order valence-electron chi connectivity index (χ3n) is 5.07. The van der Waals surface area contributed by atoms with Crippen LogP contribution in [0.2, 0.25) is 0 Å². The maximum absolute atomic E-state index is 12.8. The second-order valence-corrected chi connectivity index (χ2v) is 8.34. The summed E-state index contributed by atoms with van der Waals surface area (Å²) in [4.78, 5) is 16.0. The molecule has 0 fully saturated rings. The van der Waals surface area contributed by atoms with Crippen LogP contribution in [0.1, 0.15) is 46.8 Å². The zero-order valence-electron chi connectivity index (χ0n) is 16.1. The molecule has 0 radical (unpaired) electrons. The standard InChI is InChI=1S/C22H23N3O3S/c23-12-19-18-8-2-1-3-9-20(18)29-22(19)24-21(26)15-25(13-16-6-4-10-27-16)14-17-7-5-11-28-17/h4-7,10-11H,1-3,8-9,13-15H2,(H,24,26). The van der Waals surface area contributed by atoms with E-state index in [1.54, 1.807) is 23.9 Å². The maximum atomic E-state index is 12.8. The first-order valence-electron chi connectivity index (χ1n) is 9.84. The first-order valence-corrected chi connectivity index (χ1v) is 10.7. The monoisotopic (exact) mass is 409 g/mol. The normalized spacial score (nSPS) is 13.7. The molecule has 1 N–H and O–H groups in total. The van der Waals surface area contributed by atoms with Crippen LogP contribution in [0.3, 0.4) is 0 Å². The molecule has 29 heavy (non-hydrogen) atoms. The molecule has 0 saturated heterocycles. The number of carbonyl (C=O) groups is 1. The first-order chi connectivity index (χ1) is 14.2. The van der Waals surface area contributed by atoms with E-state index in [9.17, 15) is 10.1 Å². The summed E-state index contributed by atoms with van der Waals surface area (Å²) in [6.07, 6.45) is 8.61. The summed E-state index contributed by atoms with van der Waals surface area (Å²) >= 11 is 1.56. The molecule has 3 heterocycles. The molecule has 1 aliphatic rings. The Morgan fingerprint density at radius 1 is 1.10 bits per heavy atom. The molecular formula is C22H23N3O3S. The van der Waals surface area contributed by atoms with Gasteiger partial charge in [0.25, 0.3) is 0 Å². The van der Waals surface area contributed by atoms with E-state index < -0.39 is 0 Å². The van der Waals surface area contributed by atoms with Gasteiger partial charge in [-0.1, -0.05) is 6.42 Å². The molecule has 150 valence electrons. The first kappa shape index (κ1) is 19.5. The molecule has 0 bridgehead atoms. The molecule has 0 saturated carbocycles. The second kappa shape index (κ2) is 9.12. The quantitative estimate of drug-likeness (QED) is 0.571. The van der Waals surface area contributed by atoms with Crippen molar-refractivity contribution in [1.82, 2.24) is 4.90 Å². The van der Waals surface area contributed by atoms with Gasteiger partial charge >= 0.3 is 0 Å². The van der Waals surface area contributed by atoms with Gasteiger partial charge in [-0.15, -0.1) is 11.3 Å². The van der Waals surface area contributed by atoms with Crippen LogP contribution in [0.15, 0.2) is 45.6 Å². The predicted octanol–water partition coefficient (Wildman–Crippen LogP) is 4.72. The summed E-state index contributed by atoms with van der Waals surface area (Å²) in [6, 6.07) is 9.75. The number of amides is 1. The minimum absolute atomic E-state index is 0.143. The molecule has 0 atom stereocenters. The molecule has 1 aliphatic carbocycles. The number of hydrogen-bond acceptors (Lipinski definition) is 6. The van der Waals surface area contributed by atoms with Gasteiger partial charge in [-0.3, -0.25) is 9.69 Å². The summed E-state index contributed by atoms with van der Waals surface area (Å²) in [5, 5.41) is 13.3. The summed E-state index contributed by atoms with van der Waals surface area (Å²) < 4.78 is 10.9. The van der Waals surface area contributed by atoms with Crippen LogP contribution in [0.5, 0.6) is 0 Å². The summed E-state index contributed by atoms with van der Waals surface area (Å²) in [7, 11) is 0. The highest BCUT2D eigenvalue weighted by Gasteiger charge is 2.22. The maximum Gasteiger partial charge on any atom is 0.239 e. The largest absolute Gasteiger partial charge is 0.468 e. The number of anilines is 1. The highest BCUT2D eigenvalue weighted by Crippen LogP contribution is 2.37. The molecule has 3 aromatic heterocycles. The topological polar surface area (TPSA) is 82.4 Å². The lowest BCUT2D eigenvalue weighted by Gasteiger charge is -2.19.